The molecule has 2 aromatic rings. The van der Waals surface area contributed by atoms with Crippen molar-refractivity contribution in [2.45, 2.75) is 6.54 Å². The topological polar surface area (TPSA) is 78.4 Å². The van der Waals surface area contributed by atoms with Crippen molar-refractivity contribution in [2.24, 2.45) is 0 Å². The number of hydrogen-bond donors (Lipinski definition) is 1. The van der Waals surface area contributed by atoms with E-state index in [0.717, 1.165) is 5.56 Å². The number of halogens is 1. The van der Waals surface area contributed by atoms with E-state index in [-0.39, 0.29) is 29.9 Å². The molecule has 0 aliphatic carbocycles. The van der Waals surface area contributed by atoms with Gasteiger partial charge in [0.15, 0.2) is 11.5 Å². The van der Waals surface area contributed by atoms with Crippen LogP contribution in [0, 0.1) is 5.82 Å². The molecular formula is C17H18FN5O2. The van der Waals surface area contributed by atoms with Crippen molar-refractivity contribution in [3.05, 3.63) is 53.5 Å². The summed E-state index contributed by atoms with van der Waals surface area (Å²) < 4.78 is 13.3. The van der Waals surface area contributed by atoms with Gasteiger partial charge in [-0.15, -0.1) is 10.2 Å². The Morgan fingerprint density at radius 3 is 2.72 bits per heavy atom. The number of anilines is 1. The fraction of sp³-hybridized carbons (Fsp3) is 0.294. The minimum atomic E-state index is -0.310. The zero-order valence-electron chi connectivity index (χ0n) is 13.8. The smallest absolute Gasteiger partial charge is 0.271 e. The fourth-order valence-electron chi connectivity index (χ4n) is 2.67. The second-order valence-electron chi connectivity index (χ2n) is 5.72. The Hall–Kier alpha value is -3.03. The molecule has 0 atom stereocenters. The van der Waals surface area contributed by atoms with Gasteiger partial charge < -0.3 is 15.1 Å². The van der Waals surface area contributed by atoms with E-state index < -0.39 is 0 Å². The van der Waals surface area contributed by atoms with Crippen molar-refractivity contribution < 1.29 is 14.0 Å². The average Bonchev–Trinajstić information content (AvgIpc) is 2.63. The molecular weight excluding hydrogens is 325 g/mol. The van der Waals surface area contributed by atoms with Crippen molar-refractivity contribution in [1.82, 2.24) is 20.4 Å². The first kappa shape index (κ1) is 16.8. The van der Waals surface area contributed by atoms with Crippen LogP contribution in [0.4, 0.5) is 10.2 Å². The van der Waals surface area contributed by atoms with Gasteiger partial charge in [0.2, 0.25) is 5.91 Å². The SMILES string of the molecule is CNC(=O)c1ccc(N2CCN(Cc3cccc(F)c3)C(=O)C2)nn1. The van der Waals surface area contributed by atoms with Crippen LogP contribution in [0.3, 0.4) is 0 Å². The number of aromatic nitrogens is 2. The summed E-state index contributed by atoms with van der Waals surface area (Å²) in [5.74, 6) is -0.135. The highest BCUT2D eigenvalue weighted by molar-refractivity contribution is 5.92. The van der Waals surface area contributed by atoms with Gasteiger partial charge in [-0.1, -0.05) is 12.1 Å². The number of nitrogens with zero attached hydrogens (tertiary/aromatic N) is 4. The van der Waals surface area contributed by atoms with Crippen LogP contribution in [0.2, 0.25) is 0 Å². The molecule has 0 saturated carbocycles. The summed E-state index contributed by atoms with van der Waals surface area (Å²) in [7, 11) is 1.52. The van der Waals surface area contributed by atoms with Crippen LogP contribution >= 0.6 is 0 Å². The Morgan fingerprint density at radius 2 is 2.08 bits per heavy atom. The Kier molecular flexibility index (Phi) is 4.87. The Balaban J connectivity index is 1.63. The lowest BCUT2D eigenvalue weighted by molar-refractivity contribution is -0.131. The van der Waals surface area contributed by atoms with E-state index >= 15 is 0 Å². The molecule has 7 nitrogen and oxygen atoms in total. The molecule has 2 amide bonds. The Morgan fingerprint density at radius 1 is 1.24 bits per heavy atom. The van der Waals surface area contributed by atoms with E-state index in [1.165, 1.54) is 19.2 Å². The lowest BCUT2D eigenvalue weighted by Gasteiger charge is -2.34. The number of rotatable bonds is 4. The zero-order chi connectivity index (χ0) is 17.8. The third-order valence-corrected chi connectivity index (χ3v) is 4.02. The van der Waals surface area contributed by atoms with E-state index in [1.807, 2.05) is 4.90 Å². The van der Waals surface area contributed by atoms with E-state index in [2.05, 4.69) is 15.5 Å². The summed E-state index contributed by atoms with van der Waals surface area (Å²) in [5.41, 5.74) is 0.985. The Labute approximate surface area is 144 Å². The van der Waals surface area contributed by atoms with E-state index in [9.17, 15) is 14.0 Å². The van der Waals surface area contributed by atoms with Crippen LogP contribution in [-0.2, 0) is 11.3 Å². The summed E-state index contributed by atoms with van der Waals surface area (Å²) in [4.78, 5) is 27.3. The van der Waals surface area contributed by atoms with Crippen LogP contribution < -0.4 is 10.2 Å². The van der Waals surface area contributed by atoms with E-state index in [0.29, 0.717) is 25.5 Å². The number of carbonyl (C=O) groups is 2. The summed E-state index contributed by atoms with van der Waals surface area (Å²) in [6.07, 6.45) is 0. The first-order valence-electron chi connectivity index (χ1n) is 7.90. The molecule has 3 rings (SSSR count). The van der Waals surface area contributed by atoms with Gasteiger partial charge in [0, 0.05) is 26.7 Å². The zero-order valence-corrected chi connectivity index (χ0v) is 13.8. The van der Waals surface area contributed by atoms with Crippen LogP contribution in [0.15, 0.2) is 36.4 Å². The van der Waals surface area contributed by atoms with E-state index in [4.69, 9.17) is 0 Å². The first-order valence-corrected chi connectivity index (χ1v) is 7.90. The summed E-state index contributed by atoms with van der Waals surface area (Å²) in [6, 6.07) is 9.49. The van der Waals surface area contributed by atoms with Gasteiger partial charge in [0.05, 0.1) is 6.54 Å². The standard InChI is InChI=1S/C17H18FN5O2/c1-19-17(25)14-5-6-15(21-20-14)22-7-8-23(16(24)11-22)10-12-3-2-4-13(18)9-12/h2-6,9H,7-8,10-11H2,1H3,(H,19,25). The van der Waals surface area contributed by atoms with Gasteiger partial charge in [-0.05, 0) is 29.8 Å². The highest BCUT2D eigenvalue weighted by atomic mass is 19.1. The summed E-state index contributed by atoms with van der Waals surface area (Å²) in [5, 5.41) is 10.4. The van der Waals surface area contributed by atoms with Gasteiger partial charge in [0.25, 0.3) is 5.91 Å². The molecule has 0 bridgehead atoms. The number of amides is 2. The van der Waals surface area contributed by atoms with Gasteiger partial charge in [0.1, 0.15) is 5.82 Å². The third kappa shape index (κ3) is 3.90. The van der Waals surface area contributed by atoms with Gasteiger partial charge in [-0.2, -0.15) is 0 Å². The molecule has 2 heterocycles. The molecule has 1 aliphatic rings. The van der Waals surface area contributed by atoms with Crippen molar-refractivity contribution in [3.8, 4) is 0 Å². The van der Waals surface area contributed by atoms with Crippen molar-refractivity contribution in [1.29, 1.82) is 0 Å². The minimum absolute atomic E-state index is 0.0623. The van der Waals surface area contributed by atoms with Gasteiger partial charge in [-0.3, -0.25) is 9.59 Å². The molecule has 0 spiro atoms. The second kappa shape index (κ2) is 7.25. The molecule has 1 saturated heterocycles. The van der Waals surface area contributed by atoms with Crippen molar-refractivity contribution in [2.75, 3.05) is 31.6 Å². The van der Waals surface area contributed by atoms with Gasteiger partial charge >= 0.3 is 0 Å². The second-order valence-corrected chi connectivity index (χ2v) is 5.72. The molecule has 0 radical (unpaired) electrons. The normalized spacial score (nSPS) is 14.6. The molecule has 1 aliphatic heterocycles. The third-order valence-electron chi connectivity index (χ3n) is 4.02. The number of carbonyl (C=O) groups excluding carboxylic acids is 2. The monoisotopic (exact) mass is 343 g/mol. The van der Waals surface area contributed by atoms with Crippen LogP contribution in [0.1, 0.15) is 16.1 Å². The van der Waals surface area contributed by atoms with Crippen LogP contribution in [0.5, 0.6) is 0 Å². The maximum absolute atomic E-state index is 13.3. The predicted molar refractivity (Wildman–Crippen MR) is 89.5 cm³/mol. The fourth-order valence-corrected chi connectivity index (χ4v) is 2.67. The first-order chi connectivity index (χ1) is 12.1. The molecule has 8 heteroatoms. The molecule has 1 aromatic heterocycles. The highest BCUT2D eigenvalue weighted by Gasteiger charge is 2.25. The average molecular weight is 343 g/mol. The van der Waals surface area contributed by atoms with Crippen molar-refractivity contribution >= 4 is 17.6 Å². The van der Waals surface area contributed by atoms with Crippen LogP contribution in [0.25, 0.3) is 0 Å². The molecule has 1 fully saturated rings. The maximum atomic E-state index is 13.3. The molecule has 1 N–H and O–H groups in total. The lowest BCUT2D eigenvalue weighted by atomic mass is 10.2. The van der Waals surface area contributed by atoms with Gasteiger partial charge in [-0.25, -0.2) is 4.39 Å². The number of benzene rings is 1. The largest absolute Gasteiger partial charge is 0.354 e. The molecule has 25 heavy (non-hydrogen) atoms. The number of piperazine rings is 1. The lowest BCUT2D eigenvalue weighted by Crippen LogP contribution is -2.50. The number of nitrogens with one attached hydrogen (secondary N) is 1. The van der Waals surface area contributed by atoms with Crippen LogP contribution in [-0.4, -0.2) is 53.6 Å². The summed E-state index contributed by atoms with van der Waals surface area (Å²) >= 11 is 0. The molecule has 130 valence electrons. The quantitative estimate of drug-likeness (QED) is 0.889. The predicted octanol–water partition coefficient (Wildman–Crippen LogP) is 0.824. The minimum Gasteiger partial charge on any atom is -0.354 e. The molecule has 0 unspecified atom stereocenters. The highest BCUT2D eigenvalue weighted by Crippen LogP contribution is 2.16. The Bertz CT molecular complexity index is 781. The molecule has 1 aromatic carbocycles. The number of hydrogen-bond acceptors (Lipinski definition) is 5. The summed E-state index contributed by atoms with van der Waals surface area (Å²) in [6.45, 7) is 1.65. The van der Waals surface area contributed by atoms with E-state index in [1.54, 1.807) is 29.2 Å². The maximum Gasteiger partial charge on any atom is 0.271 e. The van der Waals surface area contributed by atoms with Crippen molar-refractivity contribution in [3.63, 3.8) is 0 Å².